The summed E-state index contributed by atoms with van der Waals surface area (Å²) in [4.78, 5) is 66.2. The third-order valence-corrected chi connectivity index (χ3v) is 6.97. The van der Waals surface area contributed by atoms with Gasteiger partial charge in [0.05, 0.1) is 28.6 Å². The number of non-ortho nitro benzene ring substituents is 1. The van der Waals surface area contributed by atoms with Gasteiger partial charge in [0.25, 0.3) is 5.69 Å². The third kappa shape index (κ3) is 2.66. The monoisotopic (exact) mass is 468 g/mol. The minimum absolute atomic E-state index is 0.123. The number of fused-ring (bicyclic) bond motifs is 3. The van der Waals surface area contributed by atoms with Gasteiger partial charge >= 0.3 is 0 Å². The molecule has 2 aliphatic heterocycles. The van der Waals surface area contributed by atoms with Crippen molar-refractivity contribution in [3.8, 4) is 0 Å². The molecule has 2 saturated heterocycles. The Hall–Kier alpha value is -4.50. The van der Waals surface area contributed by atoms with E-state index in [2.05, 4.69) is 0 Å². The molecule has 1 spiro atoms. The van der Waals surface area contributed by atoms with E-state index in [1.807, 2.05) is 0 Å². The number of carbonyl (C=O) groups excluding carboxylic acids is 4. The van der Waals surface area contributed by atoms with Gasteiger partial charge in [0, 0.05) is 23.3 Å². The van der Waals surface area contributed by atoms with Gasteiger partial charge in [-0.25, -0.2) is 4.90 Å². The molecule has 2 amide bonds. The van der Waals surface area contributed by atoms with Crippen molar-refractivity contribution in [2.24, 2.45) is 11.8 Å². The molecule has 1 aliphatic carbocycles. The fourth-order valence-corrected chi connectivity index (χ4v) is 5.44. The Bertz CT molecular complexity index is 1410. The number of amides is 2. The van der Waals surface area contributed by atoms with Crippen LogP contribution >= 0.6 is 0 Å². The molecule has 0 bridgehead atoms. The fourth-order valence-electron chi connectivity index (χ4n) is 5.44. The van der Waals surface area contributed by atoms with Crippen LogP contribution in [0.5, 0.6) is 0 Å². The quantitative estimate of drug-likeness (QED) is 0.250. The van der Waals surface area contributed by atoms with E-state index in [1.54, 1.807) is 42.5 Å². The lowest BCUT2D eigenvalue weighted by Gasteiger charge is -2.27. The number of ketones is 2. The normalized spacial score (nSPS) is 24.2. The number of ether oxygens (including phenoxy) is 1. The van der Waals surface area contributed by atoms with E-state index >= 15 is 0 Å². The van der Waals surface area contributed by atoms with Crippen LogP contribution in [0, 0.1) is 22.0 Å². The summed E-state index contributed by atoms with van der Waals surface area (Å²) in [6.07, 6.45) is -1.01. The van der Waals surface area contributed by atoms with Gasteiger partial charge in [0.2, 0.25) is 29.0 Å². The number of rotatable bonds is 3. The number of benzene rings is 3. The first-order chi connectivity index (χ1) is 16.9. The van der Waals surface area contributed by atoms with Crippen LogP contribution in [0.25, 0.3) is 0 Å². The number of anilines is 1. The number of nitro benzene ring substituents is 1. The Morgan fingerprint density at radius 3 is 1.91 bits per heavy atom. The van der Waals surface area contributed by atoms with Gasteiger partial charge in [-0.05, 0) is 17.7 Å². The van der Waals surface area contributed by atoms with Crippen LogP contribution in [0.15, 0.2) is 78.9 Å². The first kappa shape index (κ1) is 21.1. The van der Waals surface area contributed by atoms with E-state index in [0.717, 1.165) is 4.90 Å². The first-order valence-corrected chi connectivity index (χ1v) is 10.9. The molecule has 0 aromatic heterocycles. The van der Waals surface area contributed by atoms with Crippen LogP contribution in [0.2, 0.25) is 0 Å². The van der Waals surface area contributed by atoms with Crippen LogP contribution in [0.4, 0.5) is 11.4 Å². The van der Waals surface area contributed by atoms with Gasteiger partial charge < -0.3 is 4.74 Å². The Kier molecular flexibility index (Phi) is 4.36. The molecule has 3 aromatic rings. The molecule has 0 saturated carbocycles. The highest BCUT2D eigenvalue weighted by molar-refractivity contribution is 6.37. The summed E-state index contributed by atoms with van der Waals surface area (Å²) in [5, 5.41) is 11.0. The molecular formula is C26H16N2O7. The van der Waals surface area contributed by atoms with Crippen molar-refractivity contribution in [3.63, 3.8) is 0 Å². The Morgan fingerprint density at radius 2 is 1.34 bits per heavy atom. The number of nitrogens with zero attached hydrogens (tertiary/aromatic N) is 2. The summed E-state index contributed by atoms with van der Waals surface area (Å²) in [5.41, 5.74) is -1.37. The molecule has 172 valence electrons. The molecule has 0 N–H and O–H groups in total. The van der Waals surface area contributed by atoms with Gasteiger partial charge in [0.15, 0.2) is 0 Å². The second kappa shape index (κ2) is 7.25. The zero-order valence-corrected chi connectivity index (χ0v) is 18.0. The topological polar surface area (TPSA) is 124 Å². The maximum absolute atomic E-state index is 13.8. The smallest absolute Gasteiger partial charge is 0.269 e. The van der Waals surface area contributed by atoms with Crippen molar-refractivity contribution in [1.82, 2.24) is 0 Å². The van der Waals surface area contributed by atoms with Crippen molar-refractivity contribution in [1.29, 1.82) is 0 Å². The molecule has 3 aliphatic rings. The average molecular weight is 468 g/mol. The molecular weight excluding hydrogens is 452 g/mol. The van der Waals surface area contributed by atoms with Crippen LogP contribution < -0.4 is 4.90 Å². The molecule has 9 heteroatoms. The zero-order chi connectivity index (χ0) is 24.5. The summed E-state index contributed by atoms with van der Waals surface area (Å²) in [6.45, 7) is 0. The summed E-state index contributed by atoms with van der Waals surface area (Å²) in [5.74, 6) is -5.15. The summed E-state index contributed by atoms with van der Waals surface area (Å²) < 4.78 is 6.19. The lowest BCUT2D eigenvalue weighted by atomic mass is 9.77. The molecule has 2 fully saturated rings. The molecule has 3 aromatic carbocycles. The minimum atomic E-state index is -2.16. The van der Waals surface area contributed by atoms with Crippen LogP contribution in [-0.4, -0.2) is 33.9 Å². The summed E-state index contributed by atoms with van der Waals surface area (Å²) in [6, 6.07) is 19.9. The second-order valence-electron chi connectivity index (χ2n) is 8.68. The molecule has 35 heavy (non-hydrogen) atoms. The predicted molar refractivity (Wildman–Crippen MR) is 121 cm³/mol. The molecule has 2 heterocycles. The van der Waals surface area contributed by atoms with Gasteiger partial charge in [-0.2, -0.15) is 0 Å². The average Bonchev–Trinajstić information content (AvgIpc) is 3.44. The molecule has 6 rings (SSSR count). The Morgan fingerprint density at radius 1 is 0.771 bits per heavy atom. The first-order valence-electron chi connectivity index (χ1n) is 10.9. The molecule has 0 unspecified atom stereocenters. The van der Waals surface area contributed by atoms with Crippen LogP contribution in [0.1, 0.15) is 32.4 Å². The van der Waals surface area contributed by atoms with Gasteiger partial charge in [-0.1, -0.05) is 54.6 Å². The van der Waals surface area contributed by atoms with Crippen molar-refractivity contribution >= 4 is 34.8 Å². The highest BCUT2D eigenvalue weighted by Gasteiger charge is 2.74. The Labute approximate surface area is 198 Å². The second-order valence-corrected chi connectivity index (χ2v) is 8.68. The SMILES string of the molecule is O=C1[C@@H]2[C@H](c3ccccc3)OC3(C(=O)c4ccccc4C3=O)[C@H]2C(=O)N1c1ccc([N+](=O)[O-])cc1. The van der Waals surface area contributed by atoms with Crippen LogP contribution in [0.3, 0.4) is 0 Å². The van der Waals surface area contributed by atoms with Crippen molar-refractivity contribution in [3.05, 3.63) is 106 Å². The number of hydrogen-bond acceptors (Lipinski definition) is 7. The van der Waals surface area contributed by atoms with Crippen LogP contribution in [-0.2, 0) is 14.3 Å². The predicted octanol–water partition coefficient (Wildman–Crippen LogP) is 3.29. The van der Waals surface area contributed by atoms with E-state index in [0.29, 0.717) is 5.56 Å². The van der Waals surface area contributed by atoms with Crippen molar-refractivity contribution in [2.45, 2.75) is 11.7 Å². The standard InChI is InChI=1S/C26H16N2O7/c29-22-17-8-4-5-9-18(17)23(30)26(22)20-19(21(35-26)14-6-2-1-3-7-14)24(31)27(25(20)32)15-10-12-16(13-11-15)28(33)34/h1-13,19-21H/t19-,20+,21-/m0/s1. The van der Waals surface area contributed by atoms with Gasteiger partial charge in [-0.15, -0.1) is 0 Å². The summed E-state index contributed by atoms with van der Waals surface area (Å²) in [7, 11) is 0. The number of imide groups is 1. The minimum Gasteiger partial charge on any atom is -0.349 e. The van der Waals surface area contributed by atoms with E-state index in [1.165, 1.54) is 36.4 Å². The van der Waals surface area contributed by atoms with Crippen molar-refractivity contribution in [2.75, 3.05) is 4.90 Å². The van der Waals surface area contributed by atoms with E-state index in [4.69, 9.17) is 4.74 Å². The maximum Gasteiger partial charge on any atom is 0.269 e. The maximum atomic E-state index is 13.8. The largest absolute Gasteiger partial charge is 0.349 e. The number of carbonyl (C=O) groups is 4. The highest BCUT2D eigenvalue weighted by atomic mass is 16.6. The zero-order valence-electron chi connectivity index (χ0n) is 18.0. The van der Waals surface area contributed by atoms with Gasteiger partial charge in [-0.3, -0.25) is 29.3 Å². The molecule has 9 nitrogen and oxygen atoms in total. The molecule has 0 radical (unpaired) electrons. The number of Topliss-reactive ketones (excluding diaryl/α,β-unsaturated/α-hetero) is 2. The lowest BCUT2D eigenvalue weighted by molar-refractivity contribution is -0.384. The van der Waals surface area contributed by atoms with Crippen molar-refractivity contribution < 1.29 is 28.8 Å². The highest BCUT2D eigenvalue weighted by Crippen LogP contribution is 2.57. The third-order valence-electron chi connectivity index (χ3n) is 6.97. The van der Waals surface area contributed by atoms with E-state index in [-0.39, 0.29) is 22.5 Å². The Balaban J connectivity index is 1.51. The number of hydrogen-bond donors (Lipinski definition) is 0. The fraction of sp³-hybridized carbons (Fsp3) is 0.154. The van der Waals surface area contributed by atoms with E-state index in [9.17, 15) is 29.3 Å². The van der Waals surface area contributed by atoms with Gasteiger partial charge in [0.1, 0.15) is 0 Å². The van der Waals surface area contributed by atoms with E-state index < -0.39 is 51.8 Å². The number of nitro groups is 1. The summed E-state index contributed by atoms with van der Waals surface area (Å²) >= 11 is 0. The lowest BCUT2D eigenvalue weighted by Crippen LogP contribution is -2.51. The molecule has 3 atom stereocenters.